The van der Waals surface area contributed by atoms with Crippen LogP contribution in [0, 0.1) is 5.92 Å². The lowest BCUT2D eigenvalue weighted by atomic mass is 10.00. The van der Waals surface area contributed by atoms with Gasteiger partial charge in [-0.1, -0.05) is 38.1 Å². The predicted octanol–water partition coefficient (Wildman–Crippen LogP) is 3.59. The van der Waals surface area contributed by atoms with Crippen molar-refractivity contribution in [2.45, 2.75) is 58.2 Å². The van der Waals surface area contributed by atoms with Crippen LogP contribution in [0.1, 0.15) is 50.8 Å². The van der Waals surface area contributed by atoms with E-state index >= 15 is 0 Å². The van der Waals surface area contributed by atoms with E-state index in [9.17, 15) is 0 Å². The fraction of sp³-hybridized carbons (Fsp3) is 0.682. The lowest BCUT2D eigenvalue weighted by molar-refractivity contribution is -0.0453. The van der Waals surface area contributed by atoms with Gasteiger partial charge < -0.3 is 15.4 Å². The Bertz CT molecular complexity index is 619. The highest BCUT2D eigenvalue weighted by Gasteiger charge is 2.32. The summed E-state index contributed by atoms with van der Waals surface area (Å²) in [6, 6.07) is 9.79. The SMILES string of the molecule is CN=C(NCC1CN2CCCC2CO1)NC(C)c1ccc(CC(C)C)cc1.I. The standard InChI is InChI=1S/C22H36N4O.HI/c1-16(2)12-18-7-9-19(10-8-18)17(3)25-22(23-4)24-13-21-14-26-11-5-6-20(26)15-27-21;/h7-10,16-17,20-21H,5-6,11-15H2,1-4H3,(H2,23,24,25);1H. The van der Waals surface area contributed by atoms with Crippen LogP contribution in [-0.4, -0.2) is 56.3 Å². The fourth-order valence-electron chi connectivity index (χ4n) is 4.12. The van der Waals surface area contributed by atoms with Crippen molar-refractivity contribution in [3.8, 4) is 0 Å². The predicted molar refractivity (Wildman–Crippen MR) is 128 cm³/mol. The quantitative estimate of drug-likeness (QED) is 0.356. The highest BCUT2D eigenvalue weighted by molar-refractivity contribution is 14.0. The maximum absolute atomic E-state index is 6.03. The maximum atomic E-state index is 6.03. The van der Waals surface area contributed by atoms with Crippen LogP contribution in [-0.2, 0) is 11.2 Å². The highest BCUT2D eigenvalue weighted by Crippen LogP contribution is 2.22. The van der Waals surface area contributed by atoms with Crippen LogP contribution in [0.2, 0.25) is 0 Å². The third kappa shape index (κ3) is 6.59. The molecule has 0 aliphatic carbocycles. The van der Waals surface area contributed by atoms with Crippen molar-refractivity contribution in [2.24, 2.45) is 10.9 Å². The van der Waals surface area contributed by atoms with E-state index in [0.717, 1.165) is 32.1 Å². The van der Waals surface area contributed by atoms with Gasteiger partial charge in [0.05, 0.1) is 18.8 Å². The second kappa shape index (κ2) is 11.4. The van der Waals surface area contributed by atoms with Gasteiger partial charge in [0.25, 0.3) is 0 Å². The molecule has 2 aliphatic heterocycles. The van der Waals surface area contributed by atoms with Crippen molar-refractivity contribution in [1.82, 2.24) is 15.5 Å². The summed E-state index contributed by atoms with van der Waals surface area (Å²) in [5, 5.41) is 6.94. The third-order valence-electron chi connectivity index (χ3n) is 5.66. The molecule has 5 nitrogen and oxygen atoms in total. The minimum atomic E-state index is 0. The molecule has 2 aliphatic rings. The number of halogens is 1. The van der Waals surface area contributed by atoms with Gasteiger partial charge in [-0.05, 0) is 49.8 Å². The number of fused-ring (bicyclic) bond motifs is 1. The summed E-state index contributed by atoms with van der Waals surface area (Å²) in [6.07, 6.45) is 3.97. The molecular formula is C22H37IN4O. The van der Waals surface area contributed by atoms with Crippen molar-refractivity contribution >= 4 is 29.9 Å². The molecule has 3 unspecified atom stereocenters. The smallest absolute Gasteiger partial charge is 0.191 e. The summed E-state index contributed by atoms with van der Waals surface area (Å²) in [5.41, 5.74) is 2.68. The van der Waals surface area contributed by atoms with Crippen molar-refractivity contribution in [3.63, 3.8) is 0 Å². The van der Waals surface area contributed by atoms with Crippen molar-refractivity contribution in [2.75, 3.05) is 33.3 Å². The van der Waals surface area contributed by atoms with Gasteiger partial charge in [0.2, 0.25) is 0 Å². The van der Waals surface area contributed by atoms with E-state index in [1.807, 2.05) is 7.05 Å². The van der Waals surface area contributed by atoms with Crippen LogP contribution >= 0.6 is 24.0 Å². The van der Waals surface area contributed by atoms with E-state index in [1.54, 1.807) is 0 Å². The summed E-state index contributed by atoms with van der Waals surface area (Å²) >= 11 is 0. The van der Waals surface area contributed by atoms with Crippen LogP contribution in [0.3, 0.4) is 0 Å². The van der Waals surface area contributed by atoms with Gasteiger partial charge in [-0.25, -0.2) is 0 Å². The molecule has 2 N–H and O–H groups in total. The number of aliphatic imine (C=N–C) groups is 1. The van der Waals surface area contributed by atoms with Crippen molar-refractivity contribution in [1.29, 1.82) is 0 Å². The lowest BCUT2D eigenvalue weighted by Gasteiger charge is -2.35. The first-order valence-electron chi connectivity index (χ1n) is 10.5. The van der Waals surface area contributed by atoms with E-state index in [-0.39, 0.29) is 36.1 Å². The molecule has 2 saturated heterocycles. The molecule has 3 atom stereocenters. The van der Waals surface area contributed by atoms with Gasteiger partial charge >= 0.3 is 0 Å². The van der Waals surface area contributed by atoms with Crippen LogP contribution in [0.5, 0.6) is 0 Å². The molecule has 3 rings (SSSR count). The molecule has 2 fully saturated rings. The highest BCUT2D eigenvalue weighted by atomic mass is 127. The summed E-state index contributed by atoms with van der Waals surface area (Å²) in [4.78, 5) is 6.96. The van der Waals surface area contributed by atoms with E-state index in [1.165, 1.54) is 30.5 Å². The minimum Gasteiger partial charge on any atom is -0.373 e. The second-order valence-electron chi connectivity index (χ2n) is 8.41. The van der Waals surface area contributed by atoms with Gasteiger partial charge in [0, 0.05) is 26.2 Å². The number of morpholine rings is 1. The molecule has 28 heavy (non-hydrogen) atoms. The Balaban J connectivity index is 0.00000280. The Morgan fingerprint density at radius 1 is 1.25 bits per heavy atom. The van der Waals surface area contributed by atoms with Crippen LogP contribution in [0.15, 0.2) is 29.3 Å². The molecule has 0 spiro atoms. The van der Waals surface area contributed by atoms with E-state index in [2.05, 4.69) is 65.6 Å². The second-order valence-corrected chi connectivity index (χ2v) is 8.41. The first-order valence-corrected chi connectivity index (χ1v) is 10.5. The van der Waals surface area contributed by atoms with Crippen molar-refractivity contribution < 1.29 is 4.74 Å². The van der Waals surface area contributed by atoms with Crippen molar-refractivity contribution in [3.05, 3.63) is 35.4 Å². The molecular weight excluding hydrogens is 463 g/mol. The lowest BCUT2D eigenvalue weighted by Crippen LogP contribution is -2.51. The van der Waals surface area contributed by atoms with Gasteiger partial charge in [-0.2, -0.15) is 0 Å². The molecule has 1 aromatic carbocycles. The van der Waals surface area contributed by atoms with E-state index < -0.39 is 0 Å². The molecule has 0 aromatic heterocycles. The molecule has 0 radical (unpaired) electrons. The summed E-state index contributed by atoms with van der Waals surface area (Å²) in [7, 11) is 1.83. The topological polar surface area (TPSA) is 48.9 Å². The van der Waals surface area contributed by atoms with Crippen LogP contribution in [0.25, 0.3) is 0 Å². The van der Waals surface area contributed by atoms with E-state index in [0.29, 0.717) is 12.0 Å². The fourth-order valence-corrected chi connectivity index (χ4v) is 4.12. The Hall–Kier alpha value is -0.860. The number of benzene rings is 1. The normalized spacial score (nSPS) is 23.8. The zero-order valence-electron chi connectivity index (χ0n) is 17.8. The molecule has 0 saturated carbocycles. The monoisotopic (exact) mass is 500 g/mol. The zero-order chi connectivity index (χ0) is 19.2. The van der Waals surface area contributed by atoms with Crippen LogP contribution < -0.4 is 10.6 Å². The number of hydrogen-bond acceptors (Lipinski definition) is 3. The summed E-state index contributed by atoms with van der Waals surface area (Å²) < 4.78 is 6.03. The Morgan fingerprint density at radius 3 is 2.68 bits per heavy atom. The number of ether oxygens (including phenoxy) is 1. The largest absolute Gasteiger partial charge is 0.373 e. The minimum absolute atomic E-state index is 0. The molecule has 1 aromatic rings. The zero-order valence-corrected chi connectivity index (χ0v) is 20.1. The Labute approximate surface area is 187 Å². The molecule has 158 valence electrons. The van der Waals surface area contributed by atoms with Gasteiger partial charge in [-0.15, -0.1) is 24.0 Å². The number of rotatable bonds is 6. The first-order chi connectivity index (χ1) is 13.0. The average Bonchev–Trinajstić information content (AvgIpc) is 3.12. The van der Waals surface area contributed by atoms with Gasteiger partial charge in [-0.3, -0.25) is 9.89 Å². The molecule has 6 heteroatoms. The average molecular weight is 500 g/mol. The van der Waals surface area contributed by atoms with Gasteiger partial charge in [0.1, 0.15) is 0 Å². The number of hydrogen-bond donors (Lipinski definition) is 2. The van der Waals surface area contributed by atoms with Crippen LogP contribution in [0.4, 0.5) is 0 Å². The Kier molecular flexibility index (Phi) is 9.50. The molecule has 0 bridgehead atoms. The van der Waals surface area contributed by atoms with E-state index in [4.69, 9.17) is 4.74 Å². The third-order valence-corrected chi connectivity index (χ3v) is 5.66. The number of guanidine groups is 1. The first kappa shape index (κ1) is 23.4. The Morgan fingerprint density at radius 2 is 2.00 bits per heavy atom. The number of nitrogens with zero attached hydrogens (tertiary/aromatic N) is 2. The summed E-state index contributed by atoms with van der Waals surface area (Å²) in [5.74, 6) is 1.52. The molecule has 0 amide bonds. The maximum Gasteiger partial charge on any atom is 0.191 e. The summed E-state index contributed by atoms with van der Waals surface area (Å²) in [6.45, 7) is 10.6. The number of nitrogens with one attached hydrogen (secondary N) is 2. The molecule has 2 heterocycles. The van der Waals surface area contributed by atoms with Gasteiger partial charge in [0.15, 0.2) is 5.96 Å².